The number of anilines is 2. The fraction of sp³-hybridized carbons (Fsp3) is 0.417. The molecule has 1 aromatic carbocycles. The lowest BCUT2D eigenvalue weighted by Gasteiger charge is -2.14. The summed E-state index contributed by atoms with van der Waals surface area (Å²) < 4.78 is 0. The molecule has 1 unspecified atom stereocenters. The number of nitrogens with zero attached hydrogens (tertiary/aromatic N) is 1. The van der Waals surface area contributed by atoms with Gasteiger partial charge in [-0.15, -0.1) is 0 Å². The van der Waals surface area contributed by atoms with Crippen LogP contribution < -0.4 is 16.4 Å². The number of amides is 1. The van der Waals surface area contributed by atoms with E-state index < -0.39 is 16.9 Å². The molecule has 7 nitrogen and oxygen atoms in total. The van der Waals surface area contributed by atoms with Crippen molar-refractivity contribution in [1.82, 2.24) is 0 Å². The molecule has 0 bridgehead atoms. The van der Waals surface area contributed by atoms with Crippen molar-refractivity contribution >= 4 is 23.0 Å². The maximum absolute atomic E-state index is 11.2. The zero-order valence-electron chi connectivity index (χ0n) is 11.0. The molecule has 0 aliphatic carbocycles. The summed E-state index contributed by atoms with van der Waals surface area (Å²) in [4.78, 5) is 21.7. The molecule has 1 aromatic rings. The summed E-state index contributed by atoms with van der Waals surface area (Å²) in [6, 6.07) is 4.18. The van der Waals surface area contributed by atoms with Crippen LogP contribution in [0.1, 0.15) is 20.3 Å². The minimum absolute atomic E-state index is 0.0796. The Labute approximate surface area is 111 Å². The molecule has 0 aliphatic heterocycles. The summed E-state index contributed by atoms with van der Waals surface area (Å²) >= 11 is 0. The fourth-order valence-corrected chi connectivity index (χ4v) is 1.56. The number of nitro groups is 1. The predicted molar refractivity (Wildman–Crippen MR) is 74.2 cm³/mol. The van der Waals surface area contributed by atoms with Gasteiger partial charge < -0.3 is 16.4 Å². The van der Waals surface area contributed by atoms with E-state index in [-0.39, 0.29) is 11.4 Å². The molecule has 0 radical (unpaired) electrons. The maximum Gasteiger partial charge on any atom is 0.315 e. The first kappa shape index (κ1) is 14.7. The first-order valence-corrected chi connectivity index (χ1v) is 6.04. The number of benzene rings is 1. The Hall–Kier alpha value is -2.31. The van der Waals surface area contributed by atoms with Gasteiger partial charge in [0.2, 0.25) is 5.91 Å². The Morgan fingerprint density at radius 2 is 2.11 bits per heavy atom. The van der Waals surface area contributed by atoms with E-state index in [1.165, 1.54) is 0 Å². The van der Waals surface area contributed by atoms with Gasteiger partial charge in [0.05, 0.1) is 4.92 Å². The molecule has 7 heteroatoms. The van der Waals surface area contributed by atoms with Gasteiger partial charge in [-0.25, -0.2) is 0 Å². The maximum atomic E-state index is 11.2. The molecule has 4 N–H and O–H groups in total. The smallest absolute Gasteiger partial charge is 0.315 e. The van der Waals surface area contributed by atoms with Crippen molar-refractivity contribution in [3.05, 3.63) is 28.3 Å². The number of hydrogen-bond acceptors (Lipinski definition) is 5. The predicted octanol–water partition coefficient (Wildman–Crippen LogP) is 1.70. The van der Waals surface area contributed by atoms with Gasteiger partial charge >= 0.3 is 5.69 Å². The summed E-state index contributed by atoms with van der Waals surface area (Å²) in [5.74, 6) is -0.568. The van der Waals surface area contributed by atoms with Gasteiger partial charge in [0.1, 0.15) is 17.4 Å². The van der Waals surface area contributed by atoms with Crippen LogP contribution in [0.25, 0.3) is 0 Å². The van der Waals surface area contributed by atoms with Crippen molar-refractivity contribution in [2.24, 2.45) is 5.73 Å². The second-order valence-corrected chi connectivity index (χ2v) is 4.15. The lowest BCUT2D eigenvalue weighted by molar-refractivity contribution is -0.383. The van der Waals surface area contributed by atoms with Gasteiger partial charge in [-0.2, -0.15) is 0 Å². The van der Waals surface area contributed by atoms with E-state index in [0.29, 0.717) is 12.2 Å². The van der Waals surface area contributed by atoms with Crippen LogP contribution in [0.5, 0.6) is 0 Å². The van der Waals surface area contributed by atoms with Gasteiger partial charge in [0, 0.05) is 6.54 Å². The first-order valence-electron chi connectivity index (χ1n) is 6.04. The van der Waals surface area contributed by atoms with Crippen LogP contribution in [-0.2, 0) is 4.79 Å². The van der Waals surface area contributed by atoms with Crippen molar-refractivity contribution < 1.29 is 9.72 Å². The van der Waals surface area contributed by atoms with Crippen LogP contribution in [0.4, 0.5) is 17.1 Å². The molecule has 0 spiro atoms. The number of primary amides is 1. The van der Waals surface area contributed by atoms with E-state index in [2.05, 4.69) is 10.6 Å². The standard InChI is InChI=1S/C12H18N4O3/c1-3-7-14-9-5-4-6-10(11(9)16(18)19)15-8(2)12(13)17/h4-6,8,14-15H,3,7H2,1-2H3,(H2,13,17). The lowest BCUT2D eigenvalue weighted by atomic mass is 10.2. The Balaban J connectivity index is 3.09. The first-order chi connectivity index (χ1) is 8.97. The number of nitro benzene ring substituents is 1. The summed E-state index contributed by atoms with van der Waals surface area (Å²) in [5, 5.41) is 16.9. The van der Waals surface area contributed by atoms with E-state index in [4.69, 9.17) is 5.73 Å². The molecule has 19 heavy (non-hydrogen) atoms. The molecule has 0 aliphatic rings. The average Bonchev–Trinajstić information content (AvgIpc) is 2.35. The number of hydrogen-bond donors (Lipinski definition) is 3. The van der Waals surface area contributed by atoms with Gasteiger partial charge in [0.25, 0.3) is 0 Å². The third-order valence-electron chi connectivity index (χ3n) is 2.58. The van der Waals surface area contributed by atoms with E-state index in [9.17, 15) is 14.9 Å². The fourth-order valence-electron chi connectivity index (χ4n) is 1.56. The minimum Gasteiger partial charge on any atom is -0.379 e. The molecular formula is C12H18N4O3. The normalized spacial score (nSPS) is 11.7. The van der Waals surface area contributed by atoms with Gasteiger partial charge in [-0.05, 0) is 25.5 Å². The number of rotatable bonds is 7. The molecule has 104 valence electrons. The van der Waals surface area contributed by atoms with Crippen molar-refractivity contribution in [2.75, 3.05) is 17.2 Å². The number of carbonyl (C=O) groups excluding carboxylic acids is 1. The summed E-state index contributed by atoms with van der Waals surface area (Å²) in [7, 11) is 0. The Kier molecular flexibility index (Phi) is 5.11. The van der Waals surface area contributed by atoms with E-state index in [0.717, 1.165) is 6.42 Å². The quantitative estimate of drug-likeness (QED) is 0.514. The molecule has 0 saturated carbocycles. The summed E-state index contributed by atoms with van der Waals surface area (Å²) in [5.41, 5.74) is 5.76. The molecule has 0 saturated heterocycles. The number of para-hydroxylation sites is 1. The highest BCUT2D eigenvalue weighted by Gasteiger charge is 2.21. The zero-order chi connectivity index (χ0) is 14.4. The Morgan fingerprint density at radius 1 is 1.47 bits per heavy atom. The summed E-state index contributed by atoms with van der Waals surface area (Å²) in [6.07, 6.45) is 0.854. The average molecular weight is 266 g/mol. The molecule has 1 atom stereocenters. The highest BCUT2D eigenvalue weighted by atomic mass is 16.6. The van der Waals surface area contributed by atoms with E-state index in [1.807, 2.05) is 6.92 Å². The van der Waals surface area contributed by atoms with Crippen LogP contribution in [0.3, 0.4) is 0 Å². The lowest BCUT2D eigenvalue weighted by Crippen LogP contribution is -2.32. The zero-order valence-corrected chi connectivity index (χ0v) is 11.0. The molecule has 0 fully saturated rings. The van der Waals surface area contributed by atoms with Crippen molar-refractivity contribution in [3.8, 4) is 0 Å². The van der Waals surface area contributed by atoms with Gasteiger partial charge in [0.15, 0.2) is 0 Å². The van der Waals surface area contributed by atoms with Crippen molar-refractivity contribution in [3.63, 3.8) is 0 Å². The third-order valence-corrected chi connectivity index (χ3v) is 2.58. The highest BCUT2D eigenvalue weighted by molar-refractivity contribution is 5.85. The van der Waals surface area contributed by atoms with Crippen molar-refractivity contribution in [1.29, 1.82) is 0 Å². The summed E-state index contributed by atoms with van der Waals surface area (Å²) in [6.45, 7) is 4.16. The van der Waals surface area contributed by atoms with Gasteiger partial charge in [-0.1, -0.05) is 13.0 Å². The second kappa shape index (κ2) is 6.58. The highest BCUT2D eigenvalue weighted by Crippen LogP contribution is 2.33. The second-order valence-electron chi connectivity index (χ2n) is 4.15. The number of nitrogens with two attached hydrogens (primary N) is 1. The van der Waals surface area contributed by atoms with Crippen LogP contribution in [-0.4, -0.2) is 23.4 Å². The number of nitrogens with one attached hydrogen (secondary N) is 2. The largest absolute Gasteiger partial charge is 0.379 e. The topological polar surface area (TPSA) is 110 Å². The molecule has 1 rings (SSSR count). The van der Waals surface area contributed by atoms with E-state index in [1.54, 1.807) is 25.1 Å². The number of carbonyl (C=O) groups is 1. The van der Waals surface area contributed by atoms with E-state index >= 15 is 0 Å². The Morgan fingerprint density at radius 3 is 2.63 bits per heavy atom. The monoisotopic (exact) mass is 266 g/mol. The van der Waals surface area contributed by atoms with Crippen LogP contribution in [0, 0.1) is 10.1 Å². The van der Waals surface area contributed by atoms with Crippen LogP contribution in [0.15, 0.2) is 18.2 Å². The molecular weight excluding hydrogens is 248 g/mol. The molecule has 0 heterocycles. The third kappa shape index (κ3) is 3.84. The van der Waals surface area contributed by atoms with Crippen molar-refractivity contribution in [2.45, 2.75) is 26.3 Å². The van der Waals surface area contributed by atoms with Crippen LogP contribution in [0.2, 0.25) is 0 Å². The molecule has 1 amide bonds. The molecule has 0 aromatic heterocycles. The van der Waals surface area contributed by atoms with Crippen LogP contribution >= 0.6 is 0 Å². The Bertz CT molecular complexity index is 476. The van der Waals surface area contributed by atoms with Gasteiger partial charge in [-0.3, -0.25) is 14.9 Å². The SMILES string of the molecule is CCCNc1cccc(NC(C)C(N)=O)c1[N+](=O)[O-]. The minimum atomic E-state index is -0.680.